The van der Waals surface area contributed by atoms with Crippen LogP contribution >= 0.6 is 0 Å². The van der Waals surface area contributed by atoms with E-state index in [1.54, 1.807) is 36.4 Å². The quantitative estimate of drug-likeness (QED) is 0.201. The average Bonchev–Trinajstić information content (AvgIpc) is 2.88. The Hall–Kier alpha value is -4.33. The highest BCUT2D eigenvalue weighted by Crippen LogP contribution is 2.41. The molecule has 1 aliphatic rings. The van der Waals surface area contributed by atoms with Crippen LogP contribution < -0.4 is 9.62 Å². The van der Waals surface area contributed by atoms with Crippen LogP contribution in [0.5, 0.6) is 0 Å². The number of halogens is 4. The lowest BCUT2D eigenvalue weighted by atomic mass is 9.80. The number of fused-ring (bicyclic) bond motifs is 2. The number of hydrogen-bond acceptors (Lipinski definition) is 4. The van der Waals surface area contributed by atoms with Gasteiger partial charge in [0.2, 0.25) is 0 Å². The van der Waals surface area contributed by atoms with Gasteiger partial charge in [0.25, 0.3) is 0 Å². The molecule has 0 fully saturated rings. The van der Waals surface area contributed by atoms with Crippen molar-refractivity contribution in [1.29, 1.82) is 0 Å². The molecule has 0 heterocycles. The Kier molecular flexibility index (Phi) is 6.10. The third kappa shape index (κ3) is 3.84. The molecule has 176 valence electrons. The van der Waals surface area contributed by atoms with Gasteiger partial charge >= 0.3 is 14.8 Å². The average molecular weight is 486 g/mol. The maximum atomic E-state index is 14.2. The molecule has 0 spiro atoms. The van der Waals surface area contributed by atoms with Gasteiger partial charge in [0.1, 0.15) is 0 Å². The summed E-state index contributed by atoms with van der Waals surface area (Å²) in [4.78, 5) is 28.7. The molecule has 10 heteroatoms. The van der Waals surface area contributed by atoms with Crippen molar-refractivity contribution in [3.05, 3.63) is 119 Å². The zero-order valence-electron chi connectivity index (χ0n) is 18.6. The second kappa shape index (κ2) is 9.37. The number of para-hydroxylation sites is 2. The Balaban J connectivity index is 1.70. The van der Waals surface area contributed by atoms with Crippen molar-refractivity contribution in [1.82, 2.24) is 0 Å². The van der Waals surface area contributed by atoms with Gasteiger partial charge in [0.05, 0.1) is 11.1 Å². The molecule has 0 amide bonds. The van der Waals surface area contributed by atoms with Crippen LogP contribution in [0.25, 0.3) is 0 Å². The first kappa shape index (κ1) is 23.4. The third-order valence-electron chi connectivity index (χ3n) is 6.01. The normalized spacial score (nSPS) is 12.0. The van der Waals surface area contributed by atoms with E-state index in [4.69, 9.17) is 0 Å². The summed E-state index contributed by atoms with van der Waals surface area (Å²) in [5.74, 6) is -1.39. The molecular weight excluding hydrogens is 470 g/mol. The van der Waals surface area contributed by atoms with Crippen molar-refractivity contribution in [2.75, 3.05) is 9.62 Å². The minimum absolute atomic E-state index is 0.124. The van der Waals surface area contributed by atoms with Gasteiger partial charge in [-0.1, -0.05) is 60.7 Å². The second-order valence-corrected chi connectivity index (χ2v) is 8.02. The Labute approximate surface area is 205 Å². The minimum atomic E-state index is -3.01. The molecule has 5 rings (SSSR count). The zero-order valence-corrected chi connectivity index (χ0v) is 18.6. The van der Waals surface area contributed by atoms with Crippen LogP contribution in [-0.4, -0.2) is 26.4 Å². The topological polar surface area (TPSA) is 40.6 Å². The highest BCUT2D eigenvalue weighted by molar-refractivity contribution is 6.52. The molecule has 36 heavy (non-hydrogen) atoms. The monoisotopic (exact) mass is 486 g/mol. The number of nitrogens with zero attached hydrogens (tertiary/aromatic N) is 2. The third-order valence-corrected chi connectivity index (χ3v) is 6.01. The highest BCUT2D eigenvalue weighted by atomic mass is 19.2. The Bertz CT molecular complexity index is 1340. The molecule has 0 saturated heterocycles. The number of ketones is 2. The molecule has 0 bridgehead atoms. The lowest BCUT2D eigenvalue weighted by Crippen LogP contribution is -2.34. The van der Waals surface area contributed by atoms with Gasteiger partial charge in [0, 0.05) is 33.9 Å². The van der Waals surface area contributed by atoms with Gasteiger partial charge in [0.15, 0.2) is 11.6 Å². The predicted octanol–water partition coefficient (Wildman–Crippen LogP) is 6.59. The van der Waals surface area contributed by atoms with E-state index in [0.717, 1.165) is 0 Å². The number of benzene rings is 4. The Morgan fingerprint density at radius 2 is 0.833 bits per heavy atom. The fourth-order valence-electron chi connectivity index (χ4n) is 4.50. The van der Waals surface area contributed by atoms with E-state index < -0.39 is 26.4 Å². The molecule has 0 aromatic heterocycles. The van der Waals surface area contributed by atoms with Gasteiger partial charge in [-0.25, -0.2) is 0 Å². The lowest BCUT2D eigenvalue weighted by molar-refractivity contribution is 0.0980. The largest absolute Gasteiger partial charge is 0.678 e. The molecule has 0 atom stereocenters. The molecular formula is C26H16B2F4N2O2. The van der Waals surface area contributed by atoms with E-state index >= 15 is 0 Å². The first-order valence-corrected chi connectivity index (χ1v) is 11.0. The van der Waals surface area contributed by atoms with Gasteiger partial charge in [-0.2, -0.15) is 0 Å². The number of carbonyl (C=O) groups excluding carboxylic acids is 2. The summed E-state index contributed by atoms with van der Waals surface area (Å²) in [6.45, 7) is 0. The lowest BCUT2D eigenvalue weighted by Gasteiger charge is -2.30. The molecule has 0 N–H and O–H groups in total. The molecule has 0 aliphatic heterocycles. The fraction of sp³-hybridized carbons (Fsp3) is 0. The summed E-state index contributed by atoms with van der Waals surface area (Å²) < 4.78 is 57.0. The van der Waals surface area contributed by atoms with Crippen molar-refractivity contribution in [2.24, 2.45) is 0 Å². The van der Waals surface area contributed by atoms with E-state index in [9.17, 15) is 26.9 Å². The van der Waals surface area contributed by atoms with Crippen molar-refractivity contribution < 1.29 is 26.9 Å². The molecule has 4 aromatic rings. The van der Waals surface area contributed by atoms with Crippen LogP contribution in [0.1, 0.15) is 31.8 Å². The Morgan fingerprint density at radius 1 is 0.472 bits per heavy atom. The van der Waals surface area contributed by atoms with E-state index in [1.165, 1.54) is 60.7 Å². The summed E-state index contributed by atoms with van der Waals surface area (Å²) in [7, 11) is -6.02. The van der Waals surface area contributed by atoms with Crippen LogP contribution in [-0.2, 0) is 0 Å². The number of carbonyl (C=O) groups is 2. The van der Waals surface area contributed by atoms with Gasteiger partial charge in [-0.3, -0.25) is 26.9 Å². The highest BCUT2D eigenvalue weighted by Gasteiger charge is 2.40. The predicted molar refractivity (Wildman–Crippen MR) is 133 cm³/mol. The summed E-state index contributed by atoms with van der Waals surface area (Å²) >= 11 is 0. The zero-order chi connectivity index (χ0) is 25.4. The molecule has 0 radical (unpaired) electrons. The molecule has 4 aromatic carbocycles. The molecule has 4 nitrogen and oxygen atoms in total. The van der Waals surface area contributed by atoms with E-state index in [2.05, 4.69) is 0 Å². The van der Waals surface area contributed by atoms with E-state index in [0.29, 0.717) is 9.62 Å². The number of hydrogen-bond donors (Lipinski definition) is 0. The van der Waals surface area contributed by atoms with Gasteiger partial charge < -0.3 is 9.62 Å². The van der Waals surface area contributed by atoms with Crippen LogP contribution in [0, 0.1) is 0 Å². The summed E-state index contributed by atoms with van der Waals surface area (Å²) in [5, 5.41) is 0. The van der Waals surface area contributed by atoms with E-state index in [1.807, 2.05) is 0 Å². The van der Waals surface area contributed by atoms with Crippen molar-refractivity contribution in [2.45, 2.75) is 0 Å². The maximum Gasteiger partial charge on any atom is 0.678 e. The smallest absolute Gasteiger partial charge is 0.325 e. The summed E-state index contributed by atoms with van der Waals surface area (Å²) in [6.07, 6.45) is 0. The number of rotatable bonds is 6. The Morgan fingerprint density at radius 3 is 1.17 bits per heavy atom. The summed E-state index contributed by atoms with van der Waals surface area (Å²) in [6, 6.07) is 23.7. The van der Waals surface area contributed by atoms with Crippen LogP contribution in [0.15, 0.2) is 97.1 Å². The van der Waals surface area contributed by atoms with Crippen molar-refractivity contribution >= 4 is 49.1 Å². The summed E-state index contributed by atoms with van der Waals surface area (Å²) in [5.41, 5.74) is -0.655. The number of anilines is 4. The fourth-order valence-corrected chi connectivity index (χ4v) is 4.50. The maximum absolute atomic E-state index is 14.2. The molecule has 0 saturated carbocycles. The molecule has 0 unspecified atom stereocenters. The van der Waals surface area contributed by atoms with E-state index in [-0.39, 0.29) is 45.0 Å². The first-order chi connectivity index (χ1) is 17.4. The SMILES string of the molecule is O=C1c2cccc(N(B(F)F)c3ccccc3)c2C(=O)c2cccc(N(B(F)F)c3ccccc3)c21. The standard InChI is InChI=1S/C26H16B2F4N2O2/c29-27(30)33(17-9-3-1-4-10-17)21-15-7-13-19-23(21)25(35)20-14-8-16-22(24(20)26(19)36)34(28(31)32)18-11-5-2-6-12-18/h1-16H. The van der Waals surface area contributed by atoms with Crippen LogP contribution in [0.2, 0.25) is 0 Å². The van der Waals surface area contributed by atoms with Crippen molar-refractivity contribution in [3.8, 4) is 0 Å². The van der Waals surface area contributed by atoms with Crippen molar-refractivity contribution in [3.63, 3.8) is 0 Å². The minimum Gasteiger partial charge on any atom is -0.325 e. The van der Waals surface area contributed by atoms with Crippen LogP contribution in [0.4, 0.5) is 40.0 Å². The molecule has 1 aliphatic carbocycles. The van der Waals surface area contributed by atoms with Gasteiger partial charge in [-0.15, -0.1) is 0 Å². The van der Waals surface area contributed by atoms with Gasteiger partial charge in [-0.05, 0) is 36.4 Å². The van der Waals surface area contributed by atoms with Crippen LogP contribution in [0.3, 0.4) is 0 Å². The first-order valence-electron chi connectivity index (χ1n) is 11.0. The second-order valence-electron chi connectivity index (χ2n) is 8.02.